The third kappa shape index (κ3) is 2.13. The first kappa shape index (κ1) is 10.8. The molecule has 0 N–H and O–H groups in total. The lowest BCUT2D eigenvalue weighted by Crippen LogP contribution is -2.01. The van der Waals surface area contributed by atoms with Crippen molar-refractivity contribution in [3.63, 3.8) is 0 Å². The molecule has 76 valence electrons. The molecule has 4 heteroatoms. The van der Waals surface area contributed by atoms with E-state index in [1.165, 1.54) is 0 Å². The highest BCUT2D eigenvalue weighted by atomic mass is 19.3. The van der Waals surface area contributed by atoms with Gasteiger partial charge in [0.25, 0.3) is 6.43 Å². The second-order valence-corrected chi connectivity index (χ2v) is 2.82. The fourth-order valence-electron chi connectivity index (χ4n) is 1.08. The molecule has 0 atom stereocenters. The molecule has 1 rings (SSSR count). The number of hydrogen-bond donors (Lipinski definition) is 0. The molecule has 1 nitrogen and oxygen atoms in total. The lowest BCUT2D eigenvalue weighted by molar-refractivity contribution is 0.0983. The minimum Gasteiger partial charge on any atom is -0.294 e. The average molecular weight is 202 g/mol. The molecule has 0 radical (unpaired) electrons. The lowest BCUT2D eigenvalue weighted by Gasteiger charge is -2.03. The first-order valence-electron chi connectivity index (χ1n) is 4.17. The molecule has 0 heterocycles. The Morgan fingerprint density at radius 2 is 2.07 bits per heavy atom. The van der Waals surface area contributed by atoms with Gasteiger partial charge >= 0.3 is 0 Å². The van der Waals surface area contributed by atoms with Crippen LogP contribution < -0.4 is 0 Å². The summed E-state index contributed by atoms with van der Waals surface area (Å²) in [5.74, 6) is -1.22. The van der Waals surface area contributed by atoms with Crippen LogP contribution in [0.1, 0.15) is 35.7 Å². The zero-order valence-electron chi connectivity index (χ0n) is 7.56. The van der Waals surface area contributed by atoms with E-state index in [2.05, 4.69) is 0 Å². The summed E-state index contributed by atoms with van der Waals surface area (Å²) in [4.78, 5) is 11.1. The van der Waals surface area contributed by atoms with Crippen molar-refractivity contribution in [1.29, 1.82) is 0 Å². The van der Waals surface area contributed by atoms with Crippen molar-refractivity contribution in [3.05, 3.63) is 35.1 Å². The summed E-state index contributed by atoms with van der Waals surface area (Å²) in [5.41, 5.74) is -0.589. The van der Waals surface area contributed by atoms with Crippen molar-refractivity contribution in [3.8, 4) is 0 Å². The van der Waals surface area contributed by atoms with Gasteiger partial charge in [-0.1, -0.05) is 13.0 Å². The highest BCUT2D eigenvalue weighted by Gasteiger charge is 2.14. The van der Waals surface area contributed by atoms with E-state index >= 15 is 0 Å². The number of carbonyl (C=O) groups excluding carboxylic acids is 1. The molecule has 0 aromatic heterocycles. The fourth-order valence-corrected chi connectivity index (χ4v) is 1.08. The van der Waals surface area contributed by atoms with Gasteiger partial charge < -0.3 is 0 Å². The van der Waals surface area contributed by atoms with E-state index in [1.807, 2.05) is 0 Å². The van der Waals surface area contributed by atoms with E-state index in [0.29, 0.717) is 0 Å². The van der Waals surface area contributed by atoms with Gasteiger partial charge in [-0.3, -0.25) is 4.79 Å². The number of benzene rings is 1. The van der Waals surface area contributed by atoms with Gasteiger partial charge in [0.1, 0.15) is 5.82 Å². The van der Waals surface area contributed by atoms with Crippen LogP contribution >= 0.6 is 0 Å². The van der Waals surface area contributed by atoms with E-state index in [1.54, 1.807) is 6.92 Å². The van der Waals surface area contributed by atoms with Crippen molar-refractivity contribution in [2.75, 3.05) is 0 Å². The fraction of sp³-hybridized carbons (Fsp3) is 0.300. The topological polar surface area (TPSA) is 17.1 Å². The number of rotatable bonds is 3. The van der Waals surface area contributed by atoms with E-state index in [4.69, 9.17) is 0 Å². The maximum Gasteiger partial charge on any atom is 0.263 e. The average Bonchev–Trinajstić information content (AvgIpc) is 2.17. The van der Waals surface area contributed by atoms with Crippen molar-refractivity contribution < 1.29 is 18.0 Å². The molecule has 0 aliphatic heterocycles. The quantitative estimate of drug-likeness (QED) is 0.687. The van der Waals surface area contributed by atoms with Crippen LogP contribution in [0.25, 0.3) is 0 Å². The molecular formula is C10H9F3O. The number of Topliss-reactive ketones (excluding diaryl/α,β-unsaturated/α-hetero) is 1. The summed E-state index contributed by atoms with van der Waals surface area (Å²) in [6, 6.07) is 2.78. The van der Waals surface area contributed by atoms with Gasteiger partial charge in [-0.2, -0.15) is 0 Å². The molecule has 14 heavy (non-hydrogen) atoms. The number of ketones is 1. The number of carbonyl (C=O) groups is 1. The second-order valence-electron chi connectivity index (χ2n) is 2.82. The maximum absolute atomic E-state index is 13.0. The van der Waals surface area contributed by atoms with Crippen LogP contribution in [0.3, 0.4) is 0 Å². The van der Waals surface area contributed by atoms with Gasteiger partial charge in [0.15, 0.2) is 5.78 Å². The number of alkyl halides is 2. The molecule has 0 amide bonds. The largest absolute Gasteiger partial charge is 0.294 e. The van der Waals surface area contributed by atoms with Gasteiger partial charge in [-0.05, 0) is 12.1 Å². The Bertz CT molecular complexity index is 347. The summed E-state index contributed by atoms with van der Waals surface area (Å²) in [6.07, 6.45) is -2.58. The van der Waals surface area contributed by atoms with Crippen molar-refractivity contribution in [2.24, 2.45) is 0 Å². The Balaban J connectivity index is 3.15. The van der Waals surface area contributed by atoms with Crippen LogP contribution in [0, 0.1) is 5.82 Å². The van der Waals surface area contributed by atoms with Crippen molar-refractivity contribution in [2.45, 2.75) is 19.8 Å². The molecule has 1 aromatic carbocycles. The molecule has 0 aliphatic carbocycles. The predicted octanol–water partition coefficient (Wildman–Crippen LogP) is 3.36. The molecular weight excluding hydrogens is 193 g/mol. The standard InChI is InChI=1S/C10H9F3O/c1-2-9(14)7-5-6(10(12)13)3-4-8(7)11/h3-5,10H,2H2,1H3. The maximum atomic E-state index is 13.0. The summed E-state index contributed by atoms with van der Waals surface area (Å²) in [6.45, 7) is 1.55. The Morgan fingerprint density at radius 3 is 2.57 bits per heavy atom. The van der Waals surface area contributed by atoms with E-state index in [9.17, 15) is 18.0 Å². The summed E-state index contributed by atoms with van der Waals surface area (Å²) < 4.78 is 37.4. The predicted molar refractivity (Wildman–Crippen MR) is 46.0 cm³/mol. The van der Waals surface area contributed by atoms with Crippen LogP contribution in [0.15, 0.2) is 18.2 Å². The van der Waals surface area contributed by atoms with Gasteiger partial charge in [0, 0.05) is 12.0 Å². The summed E-state index contributed by atoms with van der Waals surface area (Å²) in [7, 11) is 0. The SMILES string of the molecule is CCC(=O)c1cc(C(F)F)ccc1F. The zero-order chi connectivity index (χ0) is 10.7. The van der Waals surface area contributed by atoms with Crippen LogP contribution in [-0.4, -0.2) is 5.78 Å². The molecule has 0 saturated carbocycles. The van der Waals surface area contributed by atoms with Crippen LogP contribution in [0.5, 0.6) is 0 Å². The smallest absolute Gasteiger partial charge is 0.263 e. The summed E-state index contributed by atoms with van der Waals surface area (Å²) >= 11 is 0. The Labute approximate surface area is 79.5 Å². The van der Waals surface area contributed by atoms with Crippen LogP contribution in [-0.2, 0) is 0 Å². The van der Waals surface area contributed by atoms with E-state index in [-0.39, 0.29) is 17.5 Å². The Hall–Kier alpha value is -1.32. The third-order valence-electron chi connectivity index (χ3n) is 1.86. The van der Waals surface area contributed by atoms with Crippen molar-refractivity contribution >= 4 is 5.78 Å². The molecule has 0 unspecified atom stereocenters. The van der Waals surface area contributed by atoms with Gasteiger partial charge in [-0.25, -0.2) is 13.2 Å². The first-order chi connectivity index (χ1) is 6.56. The minimum atomic E-state index is -2.68. The third-order valence-corrected chi connectivity index (χ3v) is 1.86. The zero-order valence-corrected chi connectivity index (χ0v) is 7.56. The summed E-state index contributed by atoms with van der Waals surface area (Å²) in [5, 5.41) is 0. The highest BCUT2D eigenvalue weighted by Crippen LogP contribution is 2.21. The normalized spacial score (nSPS) is 10.6. The molecule has 1 aromatic rings. The molecule has 0 bridgehead atoms. The second kappa shape index (κ2) is 4.26. The Morgan fingerprint density at radius 1 is 1.43 bits per heavy atom. The van der Waals surface area contributed by atoms with Crippen LogP contribution in [0.4, 0.5) is 13.2 Å². The highest BCUT2D eigenvalue weighted by molar-refractivity contribution is 5.96. The lowest BCUT2D eigenvalue weighted by atomic mass is 10.1. The molecule has 0 spiro atoms. The monoisotopic (exact) mass is 202 g/mol. The first-order valence-corrected chi connectivity index (χ1v) is 4.17. The van der Waals surface area contributed by atoms with Gasteiger partial charge in [0.05, 0.1) is 5.56 Å². The number of hydrogen-bond acceptors (Lipinski definition) is 1. The molecule has 0 saturated heterocycles. The van der Waals surface area contributed by atoms with Gasteiger partial charge in [-0.15, -0.1) is 0 Å². The van der Waals surface area contributed by atoms with E-state index < -0.39 is 18.0 Å². The van der Waals surface area contributed by atoms with Crippen molar-refractivity contribution in [1.82, 2.24) is 0 Å². The van der Waals surface area contributed by atoms with Gasteiger partial charge in [0.2, 0.25) is 0 Å². The Kier molecular flexibility index (Phi) is 3.28. The van der Waals surface area contributed by atoms with Crippen LogP contribution in [0.2, 0.25) is 0 Å². The van der Waals surface area contributed by atoms with E-state index in [0.717, 1.165) is 18.2 Å². The number of halogens is 3. The molecule has 0 aliphatic rings. The minimum absolute atomic E-state index is 0.101. The molecule has 0 fully saturated rings.